The van der Waals surface area contributed by atoms with Crippen molar-refractivity contribution in [3.05, 3.63) is 12.2 Å². The van der Waals surface area contributed by atoms with Gasteiger partial charge >= 0.3 is 0 Å². The van der Waals surface area contributed by atoms with Gasteiger partial charge in [0.15, 0.2) is 0 Å². The molecule has 1 aliphatic carbocycles. The zero-order valence-electron chi connectivity index (χ0n) is 7.71. The third kappa shape index (κ3) is 1.02. The zero-order chi connectivity index (χ0) is 8.93. The average molecular weight is 168 g/mol. The van der Waals surface area contributed by atoms with Gasteiger partial charge in [0.25, 0.3) is 0 Å². The van der Waals surface area contributed by atoms with E-state index in [9.17, 15) is 5.11 Å². The minimum atomic E-state index is -0.294. The third-order valence-corrected chi connectivity index (χ3v) is 3.34. The summed E-state index contributed by atoms with van der Waals surface area (Å²) in [6.45, 7) is 7.95. The lowest BCUT2D eigenvalue weighted by Crippen LogP contribution is -2.36. The highest BCUT2D eigenvalue weighted by Crippen LogP contribution is 2.50. The first-order valence-electron chi connectivity index (χ1n) is 4.55. The molecule has 1 aliphatic heterocycles. The van der Waals surface area contributed by atoms with E-state index in [2.05, 4.69) is 6.58 Å². The molecule has 1 saturated heterocycles. The van der Waals surface area contributed by atoms with Gasteiger partial charge in [0.2, 0.25) is 0 Å². The van der Waals surface area contributed by atoms with Crippen molar-refractivity contribution in [1.82, 2.24) is 0 Å². The van der Waals surface area contributed by atoms with E-state index < -0.39 is 0 Å². The van der Waals surface area contributed by atoms with Gasteiger partial charge in [-0.15, -0.1) is 0 Å². The predicted octanol–water partition coefficient (Wildman–Crippen LogP) is 1.49. The number of hydrogen-bond acceptors (Lipinski definition) is 2. The maximum absolute atomic E-state index is 9.73. The quantitative estimate of drug-likeness (QED) is 0.475. The number of allylic oxidation sites excluding steroid dienone is 1. The van der Waals surface area contributed by atoms with Crippen LogP contribution in [-0.4, -0.2) is 22.9 Å². The fourth-order valence-electron chi connectivity index (χ4n) is 2.11. The molecule has 4 atom stereocenters. The summed E-state index contributed by atoms with van der Waals surface area (Å²) in [7, 11) is 0. The monoisotopic (exact) mass is 168 g/mol. The molecule has 0 amide bonds. The van der Waals surface area contributed by atoms with Crippen molar-refractivity contribution in [2.75, 3.05) is 0 Å². The van der Waals surface area contributed by atoms with Crippen LogP contribution in [0.4, 0.5) is 0 Å². The molecule has 2 rings (SSSR count). The fourth-order valence-corrected chi connectivity index (χ4v) is 2.11. The summed E-state index contributed by atoms with van der Waals surface area (Å²) in [6.07, 6.45) is 1.85. The largest absolute Gasteiger partial charge is 0.390 e. The molecule has 2 aliphatic rings. The molecule has 2 nitrogen and oxygen atoms in total. The number of epoxide rings is 1. The van der Waals surface area contributed by atoms with Crippen molar-refractivity contribution >= 4 is 0 Å². The molecule has 0 aromatic carbocycles. The van der Waals surface area contributed by atoms with E-state index >= 15 is 0 Å². The Labute approximate surface area is 73.2 Å². The van der Waals surface area contributed by atoms with Crippen LogP contribution in [0.3, 0.4) is 0 Å². The predicted molar refractivity (Wildman–Crippen MR) is 46.8 cm³/mol. The van der Waals surface area contributed by atoms with Gasteiger partial charge < -0.3 is 9.84 Å². The maximum atomic E-state index is 9.73. The van der Waals surface area contributed by atoms with E-state index in [0.29, 0.717) is 5.92 Å². The van der Waals surface area contributed by atoms with E-state index in [1.807, 2.05) is 13.8 Å². The van der Waals surface area contributed by atoms with Crippen molar-refractivity contribution in [3.8, 4) is 0 Å². The van der Waals surface area contributed by atoms with E-state index in [-0.39, 0.29) is 17.8 Å². The average Bonchev–Trinajstić information content (AvgIpc) is 2.62. The summed E-state index contributed by atoms with van der Waals surface area (Å²) >= 11 is 0. The van der Waals surface area contributed by atoms with Gasteiger partial charge in [0.05, 0.1) is 12.2 Å². The van der Waals surface area contributed by atoms with E-state index in [1.54, 1.807) is 0 Å². The van der Waals surface area contributed by atoms with Gasteiger partial charge in [0.1, 0.15) is 5.60 Å². The molecule has 1 heterocycles. The summed E-state index contributed by atoms with van der Waals surface area (Å²) in [5, 5.41) is 9.73. The number of aliphatic hydroxyl groups is 1. The highest BCUT2D eigenvalue weighted by molar-refractivity contribution is 5.14. The van der Waals surface area contributed by atoms with Crippen LogP contribution in [0.15, 0.2) is 12.2 Å². The van der Waals surface area contributed by atoms with Gasteiger partial charge in [0, 0.05) is 0 Å². The van der Waals surface area contributed by atoms with Crippen molar-refractivity contribution in [2.24, 2.45) is 5.92 Å². The summed E-state index contributed by atoms with van der Waals surface area (Å²) in [4.78, 5) is 0. The maximum Gasteiger partial charge on any atom is 0.118 e. The molecule has 1 unspecified atom stereocenters. The van der Waals surface area contributed by atoms with Gasteiger partial charge in [-0.1, -0.05) is 12.2 Å². The second kappa shape index (κ2) is 2.33. The molecule has 0 aromatic rings. The standard InChI is InChI=1S/C10H16O2/c1-6(2)7-4-8(11)10(3)9(5-7)12-10/h7-9,11H,1,4-5H2,2-3H3/t7?,8-,9+,10-/m1/s1. The van der Waals surface area contributed by atoms with E-state index in [1.165, 1.54) is 5.57 Å². The van der Waals surface area contributed by atoms with E-state index in [0.717, 1.165) is 12.8 Å². The molecule has 1 saturated carbocycles. The number of rotatable bonds is 1. The molecule has 2 fully saturated rings. The molecule has 0 aromatic heterocycles. The first-order chi connectivity index (χ1) is 5.54. The minimum absolute atomic E-state index is 0.216. The Morgan fingerprint density at radius 2 is 2.25 bits per heavy atom. The van der Waals surface area contributed by atoms with Crippen LogP contribution in [0.2, 0.25) is 0 Å². The Morgan fingerprint density at radius 1 is 1.58 bits per heavy atom. The lowest BCUT2D eigenvalue weighted by molar-refractivity contribution is 0.0641. The third-order valence-electron chi connectivity index (χ3n) is 3.34. The van der Waals surface area contributed by atoms with Crippen LogP contribution in [-0.2, 0) is 4.74 Å². The van der Waals surface area contributed by atoms with Gasteiger partial charge in [-0.3, -0.25) is 0 Å². The van der Waals surface area contributed by atoms with Crippen molar-refractivity contribution < 1.29 is 9.84 Å². The van der Waals surface area contributed by atoms with Crippen LogP contribution in [0.1, 0.15) is 26.7 Å². The molecular weight excluding hydrogens is 152 g/mol. The molecular formula is C10H16O2. The molecule has 1 N–H and O–H groups in total. The van der Waals surface area contributed by atoms with Gasteiger partial charge in [-0.2, -0.15) is 0 Å². The molecule has 0 spiro atoms. The lowest BCUT2D eigenvalue weighted by atomic mass is 9.78. The van der Waals surface area contributed by atoms with Crippen LogP contribution in [0.25, 0.3) is 0 Å². The minimum Gasteiger partial charge on any atom is -0.390 e. The van der Waals surface area contributed by atoms with Crippen molar-refractivity contribution in [2.45, 2.75) is 44.5 Å². The lowest BCUT2D eigenvalue weighted by Gasteiger charge is -2.27. The Balaban J connectivity index is 2.06. The Hall–Kier alpha value is -0.340. The van der Waals surface area contributed by atoms with Crippen LogP contribution in [0, 0.1) is 5.92 Å². The van der Waals surface area contributed by atoms with Crippen LogP contribution < -0.4 is 0 Å². The summed E-state index contributed by atoms with van der Waals surface area (Å²) in [5.74, 6) is 0.459. The number of hydrogen-bond donors (Lipinski definition) is 1. The first kappa shape index (κ1) is 8.27. The molecule has 0 radical (unpaired) electrons. The number of fused-ring (bicyclic) bond motifs is 1. The zero-order valence-corrected chi connectivity index (χ0v) is 7.71. The smallest absolute Gasteiger partial charge is 0.118 e. The highest BCUT2D eigenvalue weighted by atomic mass is 16.6. The van der Waals surface area contributed by atoms with Crippen LogP contribution in [0.5, 0.6) is 0 Å². The summed E-state index contributed by atoms with van der Waals surface area (Å²) < 4.78 is 5.47. The first-order valence-corrected chi connectivity index (χ1v) is 4.55. The molecule has 12 heavy (non-hydrogen) atoms. The second-order valence-corrected chi connectivity index (χ2v) is 4.32. The highest BCUT2D eigenvalue weighted by Gasteiger charge is 2.60. The Bertz CT molecular complexity index is 224. The van der Waals surface area contributed by atoms with Gasteiger partial charge in [-0.25, -0.2) is 0 Å². The Morgan fingerprint density at radius 3 is 2.75 bits per heavy atom. The summed E-state index contributed by atoms with van der Waals surface area (Å²) in [5.41, 5.74) is 0.956. The van der Waals surface area contributed by atoms with Crippen LogP contribution >= 0.6 is 0 Å². The molecule has 0 bridgehead atoms. The summed E-state index contributed by atoms with van der Waals surface area (Å²) in [6, 6.07) is 0. The normalized spacial score (nSPS) is 51.4. The number of ether oxygens (including phenoxy) is 1. The van der Waals surface area contributed by atoms with E-state index in [4.69, 9.17) is 4.74 Å². The topological polar surface area (TPSA) is 32.8 Å². The fraction of sp³-hybridized carbons (Fsp3) is 0.800. The second-order valence-electron chi connectivity index (χ2n) is 4.32. The van der Waals surface area contributed by atoms with Crippen molar-refractivity contribution in [3.63, 3.8) is 0 Å². The Kier molecular flexibility index (Phi) is 1.61. The van der Waals surface area contributed by atoms with Gasteiger partial charge in [-0.05, 0) is 32.6 Å². The van der Waals surface area contributed by atoms with Crippen molar-refractivity contribution in [1.29, 1.82) is 0 Å². The number of aliphatic hydroxyl groups excluding tert-OH is 1. The molecule has 2 heteroatoms. The molecule has 68 valence electrons. The SMILES string of the molecule is C=C(C)C1C[C@@H](O)[C@@]2(C)O[C@H]2C1.